The van der Waals surface area contributed by atoms with Gasteiger partial charge in [0.25, 0.3) is 5.91 Å². The van der Waals surface area contributed by atoms with Crippen LogP contribution in [0.4, 0.5) is 0 Å². The van der Waals surface area contributed by atoms with E-state index in [4.69, 9.17) is 5.11 Å². The summed E-state index contributed by atoms with van der Waals surface area (Å²) in [7, 11) is 0. The average Bonchev–Trinajstić information content (AvgIpc) is 2.48. The molecule has 2 aromatic rings. The number of aromatic carboxylic acids is 1. The predicted molar refractivity (Wildman–Crippen MR) is 75.7 cm³/mol. The van der Waals surface area contributed by atoms with Gasteiger partial charge in [-0.1, -0.05) is 36.4 Å². The second kappa shape index (κ2) is 6.02. The average molecular weight is 269 g/mol. The summed E-state index contributed by atoms with van der Waals surface area (Å²) in [6.07, 6.45) is 0. The van der Waals surface area contributed by atoms with Gasteiger partial charge in [0.05, 0.1) is 11.6 Å². The molecule has 2 N–H and O–H groups in total. The molecular formula is C16H15NO3. The molecule has 0 aliphatic carbocycles. The van der Waals surface area contributed by atoms with Gasteiger partial charge in [0.2, 0.25) is 0 Å². The fourth-order valence-electron chi connectivity index (χ4n) is 1.90. The molecule has 4 heteroatoms. The van der Waals surface area contributed by atoms with Crippen molar-refractivity contribution in [2.45, 2.75) is 13.0 Å². The van der Waals surface area contributed by atoms with E-state index in [0.717, 1.165) is 5.56 Å². The number of carbonyl (C=O) groups is 2. The van der Waals surface area contributed by atoms with E-state index in [-0.39, 0.29) is 17.5 Å². The maximum absolute atomic E-state index is 12.1. The molecular weight excluding hydrogens is 254 g/mol. The van der Waals surface area contributed by atoms with E-state index in [2.05, 4.69) is 5.32 Å². The van der Waals surface area contributed by atoms with Gasteiger partial charge < -0.3 is 10.4 Å². The fraction of sp³-hybridized carbons (Fsp3) is 0.125. The Balaban J connectivity index is 2.12. The first-order valence-corrected chi connectivity index (χ1v) is 6.27. The molecule has 4 nitrogen and oxygen atoms in total. The molecule has 0 heterocycles. The first-order valence-electron chi connectivity index (χ1n) is 6.27. The number of carboxylic acids is 1. The topological polar surface area (TPSA) is 66.4 Å². The summed E-state index contributed by atoms with van der Waals surface area (Å²) in [6.45, 7) is 1.88. The summed E-state index contributed by atoms with van der Waals surface area (Å²) in [4.78, 5) is 23.0. The Kier molecular flexibility index (Phi) is 4.15. The molecule has 0 aliphatic heterocycles. The van der Waals surface area contributed by atoms with Crippen LogP contribution in [0.2, 0.25) is 0 Å². The Morgan fingerprint density at radius 3 is 2.30 bits per heavy atom. The molecule has 0 spiro atoms. The lowest BCUT2D eigenvalue weighted by molar-refractivity contribution is 0.0697. The lowest BCUT2D eigenvalue weighted by Gasteiger charge is -2.14. The second-order valence-electron chi connectivity index (χ2n) is 4.49. The van der Waals surface area contributed by atoms with Crippen molar-refractivity contribution >= 4 is 11.9 Å². The van der Waals surface area contributed by atoms with Gasteiger partial charge in [-0.25, -0.2) is 4.79 Å². The Labute approximate surface area is 117 Å². The minimum atomic E-state index is -1.05. The Hall–Kier alpha value is -2.62. The first kappa shape index (κ1) is 13.8. The lowest BCUT2D eigenvalue weighted by atomic mass is 10.1. The largest absolute Gasteiger partial charge is 0.478 e. The summed E-state index contributed by atoms with van der Waals surface area (Å²) < 4.78 is 0. The van der Waals surface area contributed by atoms with Gasteiger partial charge in [0.15, 0.2) is 0 Å². The molecule has 0 fully saturated rings. The highest BCUT2D eigenvalue weighted by molar-refractivity contribution is 5.97. The monoisotopic (exact) mass is 269 g/mol. The number of carboxylic acid groups (broad SMARTS) is 1. The molecule has 0 saturated heterocycles. The molecule has 0 radical (unpaired) electrons. The number of rotatable bonds is 4. The highest BCUT2D eigenvalue weighted by Crippen LogP contribution is 2.13. The molecule has 0 aromatic heterocycles. The molecule has 0 unspecified atom stereocenters. The minimum Gasteiger partial charge on any atom is -0.478 e. The zero-order chi connectivity index (χ0) is 14.5. The van der Waals surface area contributed by atoms with E-state index in [1.807, 2.05) is 37.3 Å². The second-order valence-corrected chi connectivity index (χ2v) is 4.49. The fourth-order valence-corrected chi connectivity index (χ4v) is 1.90. The minimum absolute atomic E-state index is 0.102. The quantitative estimate of drug-likeness (QED) is 0.896. The van der Waals surface area contributed by atoms with Crippen molar-refractivity contribution < 1.29 is 14.7 Å². The predicted octanol–water partition coefficient (Wildman–Crippen LogP) is 2.88. The molecule has 20 heavy (non-hydrogen) atoms. The van der Waals surface area contributed by atoms with Gasteiger partial charge >= 0.3 is 5.97 Å². The summed E-state index contributed by atoms with van der Waals surface area (Å²) in [5, 5.41) is 11.8. The van der Waals surface area contributed by atoms with E-state index in [1.165, 1.54) is 12.1 Å². The van der Waals surface area contributed by atoms with Gasteiger partial charge in [-0.15, -0.1) is 0 Å². The number of benzene rings is 2. The Morgan fingerprint density at radius 2 is 1.65 bits per heavy atom. The molecule has 0 aliphatic rings. The van der Waals surface area contributed by atoms with E-state index in [9.17, 15) is 9.59 Å². The zero-order valence-corrected chi connectivity index (χ0v) is 11.0. The molecule has 2 aromatic carbocycles. The Morgan fingerprint density at radius 1 is 1.00 bits per heavy atom. The molecule has 0 bridgehead atoms. The van der Waals surface area contributed by atoms with Crippen LogP contribution in [0, 0.1) is 0 Å². The standard InChI is InChI=1S/C16H15NO3/c1-11(12-6-3-2-4-7-12)17-15(18)13-8-5-9-14(10-13)16(19)20/h2-11H,1H3,(H,17,18)(H,19,20)/t11-/m0/s1. The molecule has 2 rings (SSSR count). The highest BCUT2D eigenvalue weighted by Gasteiger charge is 2.12. The van der Waals surface area contributed by atoms with Crippen molar-refractivity contribution in [2.24, 2.45) is 0 Å². The van der Waals surface area contributed by atoms with Crippen LogP contribution in [-0.2, 0) is 0 Å². The van der Waals surface area contributed by atoms with Gasteiger partial charge in [0.1, 0.15) is 0 Å². The summed E-state index contributed by atoms with van der Waals surface area (Å²) >= 11 is 0. The van der Waals surface area contributed by atoms with Crippen LogP contribution >= 0.6 is 0 Å². The third-order valence-electron chi connectivity index (χ3n) is 3.02. The van der Waals surface area contributed by atoms with E-state index >= 15 is 0 Å². The third-order valence-corrected chi connectivity index (χ3v) is 3.02. The summed E-state index contributed by atoms with van der Waals surface area (Å²) in [5.41, 5.74) is 1.44. The summed E-state index contributed by atoms with van der Waals surface area (Å²) in [5.74, 6) is -1.33. The number of nitrogens with one attached hydrogen (secondary N) is 1. The SMILES string of the molecule is C[C@H](NC(=O)c1cccc(C(=O)O)c1)c1ccccc1. The number of hydrogen-bond donors (Lipinski definition) is 2. The van der Waals surface area contributed by atoms with E-state index in [1.54, 1.807) is 12.1 Å². The van der Waals surface area contributed by atoms with Crippen molar-refractivity contribution in [3.05, 3.63) is 71.3 Å². The number of amides is 1. The summed E-state index contributed by atoms with van der Waals surface area (Å²) in [6, 6.07) is 15.4. The van der Waals surface area contributed by atoms with Crippen molar-refractivity contribution in [1.82, 2.24) is 5.32 Å². The van der Waals surface area contributed by atoms with Gasteiger partial charge in [0, 0.05) is 5.56 Å². The van der Waals surface area contributed by atoms with Crippen molar-refractivity contribution in [3.63, 3.8) is 0 Å². The van der Waals surface area contributed by atoms with Crippen LogP contribution in [0.5, 0.6) is 0 Å². The normalized spacial score (nSPS) is 11.7. The van der Waals surface area contributed by atoms with Gasteiger partial charge in [-0.3, -0.25) is 4.79 Å². The molecule has 0 saturated carbocycles. The van der Waals surface area contributed by atoms with E-state index < -0.39 is 5.97 Å². The highest BCUT2D eigenvalue weighted by atomic mass is 16.4. The molecule has 102 valence electrons. The molecule has 1 amide bonds. The maximum Gasteiger partial charge on any atom is 0.335 e. The third kappa shape index (κ3) is 3.23. The maximum atomic E-state index is 12.1. The van der Waals surface area contributed by atoms with Crippen molar-refractivity contribution in [2.75, 3.05) is 0 Å². The van der Waals surface area contributed by atoms with Crippen molar-refractivity contribution in [1.29, 1.82) is 0 Å². The molecule has 1 atom stereocenters. The zero-order valence-electron chi connectivity index (χ0n) is 11.0. The van der Waals surface area contributed by atoms with Crippen LogP contribution in [0.15, 0.2) is 54.6 Å². The van der Waals surface area contributed by atoms with Gasteiger partial charge in [-0.05, 0) is 30.7 Å². The smallest absolute Gasteiger partial charge is 0.335 e. The van der Waals surface area contributed by atoms with Crippen LogP contribution in [0.1, 0.15) is 39.2 Å². The number of carbonyl (C=O) groups excluding carboxylic acids is 1. The van der Waals surface area contributed by atoms with Crippen molar-refractivity contribution in [3.8, 4) is 0 Å². The van der Waals surface area contributed by atoms with Crippen LogP contribution in [-0.4, -0.2) is 17.0 Å². The van der Waals surface area contributed by atoms with Gasteiger partial charge in [-0.2, -0.15) is 0 Å². The lowest BCUT2D eigenvalue weighted by Crippen LogP contribution is -2.26. The first-order chi connectivity index (χ1) is 9.58. The van der Waals surface area contributed by atoms with E-state index in [0.29, 0.717) is 5.56 Å². The number of hydrogen-bond acceptors (Lipinski definition) is 2. The Bertz CT molecular complexity index is 623. The van der Waals surface area contributed by atoms with Crippen LogP contribution in [0.25, 0.3) is 0 Å². The van der Waals surface area contributed by atoms with Crippen LogP contribution < -0.4 is 5.32 Å². The van der Waals surface area contributed by atoms with Crippen LogP contribution in [0.3, 0.4) is 0 Å².